The van der Waals surface area contributed by atoms with Crippen LogP contribution in [0.3, 0.4) is 0 Å². The molecule has 98 valence electrons. The van der Waals surface area contributed by atoms with Crippen molar-refractivity contribution in [3.8, 4) is 5.75 Å². The summed E-state index contributed by atoms with van der Waals surface area (Å²) in [6, 6.07) is 3.43. The number of hydrogen-bond acceptors (Lipinski definition) is 3. The first kappa shape index (κ1) is 14.3. The quantitative estimate of drug-likeness (QED) is 0.588. The zero-order valence-corrected chi connectivity index (χ0v) is 13.8. The number of aromatic hydroxyl groups is 1. The molecule has 1 aliphatic carbocycles. The third-order valence-electron chi connectivity index (χ3n) is 2.91. The van der Waals surface area contributed by atoms with Crippen LogP contribution in [0.2, 0.25) is 0 Å². The Morgan fingerprint density at radius 3 is 2.72 bits per heavy atom. The second-order valence-corrected chi connectivity index (χ2v) is 6.81. The molecule has 0 bridgehead atoms. The number of carbonyl (C=O) groups is 1. The highest BCUT2D eigenvalue weighted by Gasteiger charge is 2.30. The monoisotopic (exact) mass is 473 g/mol. The number of aliphatic hydroxyl groups excluding tert-OH is 1. The maximum atomic E-state index is 11.9. The minimum absolute atomic E-state index is 0.00516. The first-order valence-electron chi connectivity index (χ1n) is 5.63. The summed E-state index contributed by atoms with van der Waals surface area (Å²) in [6.07, 6.45) is 1.59. The third kappa shape index (κ3) is 3.47. The Morgan fingerprint density at radius 2 is 2.11 bits per heavy atom. The van der Waals surface area contributed by atoms with E-state index in [2.05, 4.69) is 27.9 Å². The van der Waals surface area contributed by atoms with Gasteiger partial charge in [0.05, 0.1) is 15.2 Å². The van der Waals surface area contributed by atoms with Crippen LogP contribution in [0, 0.1) is 13.1 Å². The Bertz CT molecular complexity index is 475. The Hall–Kier alpha value is -0.0900. The fraction of sp³-hybridized carbons (Fsp3) is 0.417. The molecule has 0 heterocycles. The highest BCUT2D eigenvalue weighted by molar-refractivity contribution is 14.1. The van der Waals surface area contributed by atoms with Gasteiger partial charge in [-0.3, -0.25) is 4.79 Å². The van der Waals surface area contributed by atoms with Crippen molar-refractivity contribution in [2.45, 2.75) is 18.9 Å². The number of phenolic OH excluding ortho intramolecular Hbond substituents is 1. The van der Waals surface area contributed by atoms with Crippen molar-refractivity contribution in [2.24, 2.45) is 5.92 Å². The predicted molar refractivity (Wildman–Crippen MR) is 84.6 cm³/mol. The molecule has 2 rings (SSSR count). The number of halogens is 2. The molecule has 1 atom stereocenters. The molecule has 1 fully saturated rings. The molecule has 1 amide bonds. The molecule has 0 radical (unpaired) electrons. The smallest absolute Gasteiger partial charge is 0.255 e. The van der Waals surface area contributed by atoms with Crippen molar-refractivity contribution >= 4 is 51.1 Å². The summed E-state index contributed by atoms with van der Waals surface area (Å²) in [5.41, 5.74) is 0.259. The van der Waals surface area contributed by atoms with Crippen LogP contribution in [0.1, 0.15) is 23.2 Å². The largest absolute Gasteiger partial charge is 0.506 e. The van der Waals surface area contributed by atoms with E-state index in [1.807, 2.05) is 22.6 Å². The van der Waals surface area contributed by atoms with Gasteiger partial charge in [0.15, 0.2) is 0 Å². The molecule has 0 aromatic heterocycles. The van der Waals surface area contributed by atoms with Gasteiger partial charge in [-0.2, -0.15) is 0 Å². The predicted octanol–water partition coefficient (Wildman–Crippen LogP) is 2.10. The lowest BCUT2D eigenvalue weighted by Crippen LogP contribution is -2.33. The van der Waals surface area contributed by atoms with Crippen LogP contribution in [0.25, 0.3) is 0 Å². The van der Waals surface area contributed by atoms with E-state index >= 15 is 0 Å². The minimum Gasteiger partial charge on any atom is -0.506 e. The van der Waals surface area contributed by atoms with Gasteiger partial charge >= 0.3 is 0 Å². The van der Waals surface area contributed by atoms with Gasteiger partial charge in [-0.15, -0.1) is 0 Å². The van der Waals surface area contributed by atoms with Gasteiger partial charge in [0, 0.05) is 10.1 Å². The number of rotatable bonds is 4. The van der Waals surface area contributed by atoms with Crippen LogP contribution in [0.5, 0.6) is 5.75 Å². The highest BCUT2D eigenvalue weighted by Crippen LogP contribution is 2.32. The average molecular weight is 473 g/mol. The fourth-order valence-electron chi connectivity index (χ4n) is 1.68. The molecule has 1 saturated carbocycles. The zero-order valence-electron chi connectivity index (χ0n) is 9.49. The summed E-state index contributed by atoms with van der Waals surface area (Å²) < 4.78 is 1.54. The van der Waals surface area contributed by atoms with Crippen LogP contribution in [0.4, 0.5) is 0 Å². The number of hydrogen-bond donors (Lipinski definition) is 3. The molecule has 3 N–H and O–H groups in total. The molecular formula is C12H13I2NO3. The molecule has 1 aromatic carbocycles. The third-order valence-corrected chi connectivity index (χ3v) is 4.36. The van der Waals surface area contributed by atoms with Crippen molar-refractivity contribution in [3.05, 3.63) is 24.8 Å². The van der Waals surface area contributed by atoms with E-state index in [4.69, 9.17) is 0 Å². The van der Waals surface area contributed by atoms with Crippen LogP contribution < -0.4 is 5.32 Å². The second-order valence-electron chi connectivity index (χ2n) is 4.40. The van der Waals surface area contributed by atoms with Gasteiger partial charge in [-0.1, -0.05) is 0 Å². The second kappa shape index (κ2) is 5.91. The van der Waals surface area contributed by atoms with Crippen LogP contribution >= 0.6 is 45.2 Å². The van der Waals surface area contributed by atoms with E-state index in [-0.39, 0.29) is 23.8 Å². The number of benzene rings is 1. The van der Waals surface area contributed by atoms with Gasteiger partial charge in [0.1, 0.15) is 5.75 Å². The molecular weight excluding hydrogens is 460 g/mol. The van der Waals surface area contributed by atoms with E-state index in [1.54, 1.807) is 12.1 Å². The summed E-state index contributed by atoms with van der Waals surface area (Å²) in [5, 5.41) is 22.2. The molecule has 4 nitrogen and oxygen atoms in total. The zero-order chi connectivity index (χ0) is 13.3. The van der Waals surface area contributed by atoms with Gasteiger partial charge in [0.25, 0.3) is 5.91 Å². The van der Waals surface area contributed by atoms with Gasteiger partial charge < -0.3 is 15.5 Å². The Balaban J connectivity index is 2.03. The highest BCUT2D eigenvalue weighted by atomic mass is 127. The van der Waals surface area contributed by atoms with Crippen LogP contribution in [0.15, 0.2) is 12.1 Å². The first-order valence-corrected chi connectivity index (χ1v) is 7.79. The summed E-state index contributed by atoms with van der Waals surface area (Å²) in [5.74, 6) is -0.0204. The molecule has 0 aliphatic heterocycles. The maximum absolute atomic E-state index is 11.9. The summed E-state index contributed by atoms with van der Waals surface area (Å²) >= 11 is 4.09. The molecule has 0 spiro atoms. The molecule has 0 saturated heterocycles. The van der Waals surface area contributed by atoms with Gasteiger partial charge in [0.2, 0.25) is 0 Å². The molecule has 6 heteroatoms. The SMILES string of the molecule is O=C(NCC(O)C1CC1)c1cc(I)cc(I)c1O. The van der Waals surface area contributed by atoms with E-state index in [0.717, 1.165) is 16.4 Å². The van der Waals surface area contributed by atoms with Crippen molar-refractivity contribution < 1.29 is 15.0 Å². The van der Waals surface area contributed by atoms with Crippen molar-refractivity contribution in [1.29, 1.82) is 0 Å². The fourth-order valence-corrected chi connectivity index (χ4v) is 3.52. The van der Waals surface area contributed by atoms with Crippen molar-refractivity contribution in [1.82, 2.24) is 5.32 Å². The number of nitrogens with one attached hydrogen (secondary N) is 1. The first-order chi connectivity index (χ1) is 8.49. The van der Waals surface area contributed by atoms with Crippen LogP contribution in [-0.4, -0.2) is 28.8 Å². The summed E-state index contributed by atoms with van der Waals surface area (Å²) in [4.78, 5) is 11.9. The lowest BCUT2D eigenvalue weighted by Gasteiger charge is -2.12. The Kier molecular flexibility index (Phi) is 4.70. The lowest BCUT2D eigenvalue weighted by molar-refractivity contribution is 0.0898. The molecule has 1 aromatic rings. The normalized spacial score (nSPS) is 16.4. The standard InChI is InChI=1S/C12H13I2NO3/c13-7-3-8(11(17)9(14)4-7)12(18)15-5-10(16)6-1-2-6/h3-4,6,10,16-17H,1-2,5H2,(H,15,18). The van der Waals surface area contributed by atoms with E-state index in [1.165, 1.54) is 0 Å². The maximum Gasteiger partial charge on any atom is 0.255 e. The number of aliphatic hydroxyl groups is 1. The Labute approximate surface area is 132 Å². The minimum atomic E-state index is -0.474. The number of amides is 1. The van der Waals surface area contributed by atoms with E-state index in [0.29, 0.717) is 9.49 Å². The molecule has 1 aliphatic rings. The van der Waals surface area contributed by atoms with Crippen molar-refractivity contribution in [2.75, 3.05) is 6.54 Å². The van der Waals surface area contributed by atoms with Gasteiger partial charge in [-0.25, -0.2) is 0 Å². The van der Waals surface area contributed by atoms with E-state index < -0.39 is 6.10 Å². The summed E-state index contributed by atoms with van der Waals surface area (Å²) in [7, 11) is 0. The number of carbonyl (C=O) groups excluding carboxylic acids is 1. The number of phenols is 1. The van der Waals surface area contributed by atoms with Gasteiger partial charge in [-0.05, 0) is 76.1 Å². The Morgan fingerprint density at radius 1 is 1.44 bits per heavy atom. The average Bonchev–Trinajstić information content (AvgIpc) is 3.14. The lowest BCUT2D eigenvalue weighted by atomic mass is 10.1. The topological polar surface area (TPSA) is 69.6 Å². The summed E-state index contributed by atoms with van der Waals surface area (Å²) in [6.45, 7) is 0.241. The molecule has 1 unspecified atom stereocenters. The molecule has 18 heavy (non-hydrogen) atoms. The van der Waals surface area contributed by atoms with Crippen LogP contribution in [-0.2, 0) is 0 Å². The van der Waals surface area contributed by atoms with E-state index in [9.17, 15) is 15.0 Å². The van der Waals surface area contributed by atoms with Crippen molar-refractivity contribution in [3.63, 3.8) is 0 Å².